The van der Waals surface area contributed by atoms with Crippen LogP contribution < -0.4 is 16.6 Å². The minimum absolute atomic E-state index is 0.151. The SMILES string of the molecule is NNc1ccc(C(=O)NCC(C2CC2)C2CC2)nn1. The zero-order valence-corrected chi connectivity index (χ0v) is 10.8. The van der Waals surface area contributed by atoms with Gasteiger partial charge in [-0.25, -0.2) is 5.84 Å². The van der Waals surface area contributed by atoms with Gasteiger partial charge in [-0.15, -0.1) is 10.2 Å². The fraction of sp³-hybridized carbons (Fsp3) is 0.615. The van der Waals surface area contributed by atoms with Gasteiger partial charge < -0.3 is 10.7 Å². The Morgan fingerprint density at radius 1 is 1.26 bits per heavy atom. The molecule has 1 aromatic heterocycles. The molecule has 0 saturated heterocycles. The van der Waals surface area contributed by atoms with Gasteiger partial charge in [0.2, 0.25) is 0 Å². The van der Waals surface area contributed by atoms with E-state index in [1.807, 2.05) is 0 Å². The zero-order chi connectivity index (χ0) is 13.2. The number of aromatic nitrogens is 2. The van der Waals surface area contributed by atoms with E-state index in [0.717, 1.165) is 18.4 Å². The molecule has 1 aromatic rings. The van der Waals surface area contributed by atoms with E-state index in [1.54, 1.807) is 12.1 Å². The molecule has 0 spiro atoms. The van der Waals surface area contributed by atoms with Crippen LogP contribution in [0.5, 0.6) is 0 Å². The maximum atomic E-state index is 12.0. The largest absolute Gasteiger partial charge is 0.350 e. The Morgan fingerprint density at radius 3 is 2.42 bits per heavy atom. The van der Waals surface area contributed by atoms with E-state index in [2.05, 4.69) is 20.9 Å². The highest BCUT2D eigenvalue weighted by molar-refractivity contribution is 5.92. The number of hydrogen-bond donors (Lipinski definition) is 3. The van der Waals surface area contributed by atoms with Crippen molar-refractivity contribution in [2.75, 3.05) is 12.0 Å². The molecule has 0 aliphatic heterocycles. The predicted molar refractivity (Wildman–Crippen MR) is 71.1 cm³/mol. The highest BCUT2D eigenvalue weighted by Crippen LogP contribution is 2.48. The molecule has 6 heteroatoms. The number of carbonyl (C=O) groups is 1. The molecule has 102 valence electrons. The van der Waals surface area contributed by atoms with Crippen molar-refractivity contribution in [1.29, 1.82) is 0 Å². The van der Waals surface area contributed by atoms with E-state index in [4.69, 9.17) is 5.84 Å². The maximum absolute atomic E-state index is 12.0. The topological polar surface area (TPSA) is 92.9 Å². The summed E-state index contributed by atoms with van der Waals surface area (Å²) >= 11 is 0. The van der Waals surface area contributed by atoms with E-state index >= 15 is 0 Å². The van der Waals surface area contributed by atoms with Crippen molar-refractivity contribution < 1.29 is 4.79 Å². The molecule has 2 aliphatic rings. The molecule has 0 radical (unpaired) electrons. The van der Waals surface area contributed by atoms with Crippen molar-refractivity contribution >= 4 is 11.7 Å². The van der Waals surface area contributed by atoms with Crippen molar-refractivity contribution in [3.63, 3.8) is 0 Å². The van der Waals surface area contributed by atoms with Gasteiger partial charge in [-0.3, -0.25) is 4.79 Å². The lowest BCUT2D eigenvalue weighted by Gasteiger charge is -2.15. The lowest BCUT2D eigenvalue weighted by molar-refractivity contribution is 0.0937. The average molecular weight is 261 g/mol. The molecule has 0 bridgehead atoms. The molecule has 2 fully saturated rings. The van der Waals surface area contributed by atoms with Crippen LogP contribution in [0, 0.1) is 17.8 Å². The molecule has 2 saturated carbocycles. The Bertz CT molecular complexity index is 441. The monoisotopic (exact) mass is 261 g/mol. The average Bonchev–Trinajstić information content (AvgIpc) is 3.31. The zero-order valence-electron chi connectivity index (χ0n) is 10.8. The third-order valence-corrected chi connectivity index (χ3v) is 4.00. The summed E-state index contributed by atoms with van der Waals surface area (Å²) in [4.78, 5) is 12.0. The number of nitrogens with two attached hydrogens (primary N) is 1. The van der Waals surface area contributed by atoms with E-state index < -0.39 is 0 Å². The summed E-state index contributed by atoms with van der Waals surface area (Å²) in [5.41, 5.74) is 2.72. The Balaban J connectivity index is 1.54. The van der Waals surface area contributed by atoms with E-state index in [9.17, 15) is 4.79 Å². The second-order valence-electron chi connectivity index (χ2n) is 5.50. The predicted octanol–water partition coefficient (Wildman–Crippen LogP) is 0.928. The molecule has 4 N–H and O–H groups in total. The molecule has 0 aromatic carbocycles. The van der Waals surface area contributed by atoms with Gasteiger partial charge in [0.05, 0.1) is 0 Å². The molecule has 1 heterocycles. The second kappa shape index (κ2) is 5.13. The number of carbonyl (C=O) groups excluding carboxylic acids is 1. The van der Waals surface area contributed by atoms with Crippen LogP contribution in [-0.2, 0) is 0 Å². The fourth-order valence-electron chi connectivity index (χ4n) is 2.60. The molecule has 0 unspecified atom stereocenters. The molecule has 19 heavy (non-hydrogen) atoms. The molecule has 2 aliphatic carbocycles. The minimum Gasteiger partial charge on any atom is -0.350 e. The number of hydrazine groups is 1. The van der Waals surface area contributed by atoms with Gasteiger partial charge in [-0.2, -0.15) is 0 Å². The first-order valence-corrected chi connectivity index (χ1v) is 6.86. The van der Waals surface area contributed by atoms with Gasteiger partial charge in [0, 0.05) is 6.54 Å². The van der Waals surface area contributed by atoms with Crippen LogP contribution in [0.1, 0.15) is 36.2 Å². The fourth-order valence-corrected chi connectivity index (χ4v) is 2.60. The van der Waals surface area contributed by atoms with Crippen LogP contribution in [0.3, 0.4) is 0 Å². The first-order valence-electron chi connectivity index (χ1n) is 6.86. The first kappa shape index (κ1) is 12.3. The third kappa shape index (κ3) is 3.01. The Labute approximate surface area is 112 Å². The summed E-state index contributed by atoms with van der Waals surface area (Å²) in [6.07, 6.45) is 5.31. The smallest absolute Gasteiger partial charge is 0.271 e. The number of amides is 1. The number of anilines is 1. The van der Waals surface area contributed by atoms with Gasteiger partial charge in [0.25, 0.3) is 5.91 Å². The van der Waals surface area contributed by atoms with Gasteiger partial charge in [-0.1, -0.05) is 0 Å². The molecular formula is C13H19N5O. The summed E-state index contributed by atoms with van der Waals surface area (Å²) in [6.45, 7) is 0.771. The van der Waals surface area contributed by atoms with Crippen LogP contribution in [0.25, 0.3) is 0 Å². The van der Waals surface area contributed by atoms with Gasteiger partial charge in [-0.05, 0) is 55.6 Å². The van der Waals surface area contributed by atoms with Crippen LogP contribution in [0.15, 0.2) is 12.1 Å². The number of nitrogens with zero attached hydrogens (tertiary/aromatic N) is 2. The van der Waals surface area contributed by atoms with Gasteiger partial charge in [0.1, 0.15) is 0 Å². The number of hydrogen-bond acceptors (Lipinski definition) is 5. The van der Waals surface area contributed by atoms with Crippen molar-refractivity contribution in [2.45, 2.75) is 25.7 Å². The third-order valence-electron chi connectivity index (χ3n) is 4.00. The van der Waals surface area contributed by atoms with Crippen molar-refractivity contribution in [3.8, 4) is 0 Å². The van der Waals surface area contributed by atoms with Crippen molar-refractivity contribution in [2.24, 2.45) is 23.6 Å². The molecule has 6 nitrogen and oxygen atoms in total. The van der Waals surface area contributed by atoms with E-state index in [-0.39, 0.29) is 5.91 Å². The highest BCUT2D eigenvalue weighted by Gasteiger charge is 2.41. The summed E-state index contributed by atoms with van der Waals surface area (Å²) < 4.78 is 0. The summed E-state index contributed by atoms with van der Waals surface area (Å²) in [5, 5.41) is 10.6. The lowest BCUT2D eigenvalue weighted by atomic mass is 9.98. The molecule has 3 rings (SSSR count). The van der Waals surface area contributed by atoms with Gasteiger partial charge >= 0.3 is 0 Å². The Morgan fingerprint density at radius 2 is 1.95 bits per heavy atom. The van der Waals surface area contributed by atoms with Crippen LogP contribution >= 0.6 is 0 Å². The first-order chi connectivity index (χ1) is 9.28. The second-order valence-corrected chi connectivity index (χ2v) is 5.50. The lowest BCUT2D eigenvalue weighted by Crippen LogP contribution is -2.31. The normalized spacial score (nSPS) is 18.4. The highest BCUT2D eigenvalue weighted by atomic mass is 16.1. The minimum atomic E-state index is -0.151. The number of nitrogens with one attached hydrogen (secondary N) is 2. The summed E-state index contributed by atoms with van der Waals surface area (Å²) in [5.74, 6) is 7.84. The molecular weight excluding hydrogens is 242 g/mol. The van der Waals surface area contributed by atoms with Crippen LogP contribution in [-0.4, -0.2) is 22.6 Å². The standard InChI is InChI=1S/C13H19N5O/c14-16-12-6-5-11(17-18-12)13(19)15-7-10(8-1-2-8)9-3-4-9/h5-6,8-10H,1-4,7,14H2,(H,15,19)(H,16,18). The van der Waals surface area contributed by atoms with Crippen molar-refractivity contribution in [1.82, 2.24) is 15.5 Å². The number of rotatable bonds is 6. The van der Waals surface area contributed by atoms with Crippen LogP contribution in [0.2, 0.25) is 0 Å². The molecule has 0 atom stereocenters. The van der Waals surface area contributed by atoms with E-state index in [0.29, 0.717) is 17.4 Å². The Hall–Kier alpha value is -1.69. The van der Waals surface area contributed by atoms with Gasteiger partial charge in [0.15, 0.2) is 11.5 Å². The van der Waals surface area contributed by atoms with E-state index in [1.165, 1.54) is 25.7 Å². The number of nitrogen functional groups attached to an aromatic ring is 1. The summed E-state index contributed by atoms with van der Waals surface area (Å²) in [6, 6.07) is 3.27. The molecule has 1 amide bonds. The summed E-state index contributed by atoms with van der Waals surface area (Å²) in [7, 11) is 0. The Kier molecular flexibility index (Phi) is 3.33. The maximum Gasteiger partial charge on any atom is 0.271 e. The van der Waals surface area contributed by atoms with Crippen LogP contribution in [0.4, 0.5) is 5.82 Å². The van der Waals surface area contributed by atoms with Crippen molar-refractivity contribution in [3.05, 3.63) is 17.8 Å². The quantitative estimate of drug-likeness (QED) is 0.523.